The molecule has 0 bridgehead atoms. The van der Waals surface area contributed by atoms with Gasteiger partial charge in [0.1, 0.15) is 11.3 Å². The van der Waals surface area contributed by atoms with Gasteiger partial charge in [-0.15, -0.1) is 0 Å². The number of carbonyl (C=O) groups is 2. The number of rotatable bonds is 7. The van der Waals surface area contributed by atoms with Crippen molar-refractivity contribution in [1.82, 2.24) is 19.9 Å². The van der Waals surface area contributed by atoms with Gasteiger partial charge in [0.25, 0.3) is 5.91 Å². The molecule has 0 radical (unpaired) electrons. The van der Waals surface area contributed by atoms with Crippen LogP contribution in [0.15, 0.2) is 85.8 Å². The molecule has 0 aliphatic heterocycles. The Morgan fingerprint density at radius 1 is 0.949 bits per heavy atom. The standard InChI is InChI=1S/C31H28N6O2/c1-5-29(38)36-23-8-6-7-20(13-23)22-14-24-25(17-34-30(24)33-16-22)21-9-10-28(32-15-21)31(39)37-27-12-11-26(18(2)3)35-19(27)4/h5-18H,1H2,2-4H3,(H,33,34)(H,36,38)(H,37,39). The number of aromatic nitrogens is 4. The largest absolute Gasteiger partial charge is 0.346 e. The number of anilines is 2. The molecule has 4 heterocycles. The van der Waals surface area contributed by atoms with Gasteiger partial charge >= 0.3 is 0 Å². The van der Waals surface area contributed by atoms with Gasteiger partial charge in [-0.1, -0.05) is 38.6 Å². The Morgan fingerprint density at radius 2 is 1.77 bits per heavy atom. The number of hydrogen-bond acceptors (Lipinski definition) is 5. The van der Waals surface area contributed by atoms with Crippen LogP contribution in [0.1, 0.15) is 41.6 Å². The molecule has 194 valence electrons. The minimum absolute atomic E-state index is 0.269. The van der Waals surface area contributed by atoms with Gasteiger partial charge in [0.15, 0.2) is 0 Å². The number of H-pyrrole nitrogens is 1. The summed E-state index contributed by atoms with van der Waals surface area (Å²) in [5.74, 6) is -0.252. The SMILES string of the molecule is C=CC(=O)Nc1cccc(-c2cnc3[nH]cc(-c4ccc(C(=O)Nc5ccc(C(C)C)nc5C)nc4)c3c2)c1. The van der Waals surface area contributed by atoms with Gasteiger partial charge < -0.3 is 15.6 Å². The Morgan fingerprint density at radius 3 is 2.49 bits per heavy atom. The maximum atomic E-state index is 12.9. The molecule has 8 heteroatoms. The van der Waals surface area contributed by atoms with Crippen LogP contribution in [-0.4, -0.2) is 31.8 Å². The van der Waals surface area contributed by atoms with Gasteiger partial charge in [-0.3, -0.25) is 19.6 Å². The van der Waals surface area contributed by atoms with Gasteiger partial charge in [0.2, 0.25) is 5.91 Å². The summed E-state index contributed by atoms with van der Waals surface area (Å²) in [6.45, 7) is 9.54. The van der Waals surface area contributed by atoms with Crippen LogP contribution in [0.4, 0.5) is 11.4 Å². The summed E-state index contributed by atoms with van der Waals surface area (Å²) in [5.41, 5.74) is 7.71. The number of carbonyl (C=O) groups excluding carboxylic acids is 2. The number of nitrogens with one attached hydrogen (secondary N) is 3. The van der Waals surface area contributed by atoms with Crippen LogP contribution in [0.3, 0.4) is 0 Å². The Labute approximate surface area is 226 Å². The molecule has 39 heavy (non-hydrogen) atoms. The quantitative estimate of drug-likeness (QED) is 0.214. The van der Waals surface area contributed by atoms with Gasteiger partial charge in [-0.25, -0.2) is 4.98 Å². The molecule has 0 aliphatic rings. The fourth-order valence-electron chi connectivity index (χ4n) is 4.28. The second-order valence-electron chi connectivity index (χ2n) is 9.51. The van der Waals surface area contributed by atoms with Crippen molar-refractivity contribution in [3.8, 4) is 22.3 Å². The fourth-order valence-corrected chi connectivity index (χ4v) is 4.28. The molecule has 0 saturated heterocycles. The number of pyridine rings is 3. The number of aryl methyl sites for hydroxylation is 1. The maximum absolute atomic E-state index is 12.9. The fraction of sp³-hybridized carbons (Fsp3) is 0.129. The van der Waals surface area contributed by atoms with Gasteiger partial charge in [0.05, 0.1) is 11.4 Å². The van der Waals surface area contributed by atoms with Crippen molar-refractivity contribution in [2.24, 2.45) is 0 Å². The summed E-state index contributed by atoms with van der Waals surface area (Å²) in [7, 11) is 0. The molecule has 5 rings (SSSR count). The molecule has 5 aromatic rings. The third-order valence-electron chi connectivity index (χ3n) is 6.43. The van der Waals surface area contributed by atoms with Crippen LogP contribution >= 0.6 is 0 Å². The first kappa shape index (κ1) is 25.5. The zero-order valence-electron chi connectivity index (χ0n) is 21.9. The average molecular weight is 517 g/mol. The van der Waals surface area contributed by atoms with Crippen molar-refractivity contribution in [2.45, 2.75) is 26.7 Å². The van der Waals surface area contributed by atoms with E-state index >= 15 is 0 Å². The molecular weight excluding hydrogens is 488 g/mol. The van der Waals surface area contributed by atoms with Gasteiger partial charge in [-0.05, 0) is 60.9 Å². The van der Waals surface area contributed by atoms with Crippen LogP contribution in [0.5, 0.6) is 0 Å². The minimum atomic E-state index is -0.296. The van der Waals surface area contributed by atoms with E-state index in [0.29, 0.717) is 23.0 Å². The minimum Gasteiger partial charge on any atom is -0.346 e. The lowest BCUT2D eigenvalue weighted by molar-refractivity contribution is -0.111. The Kier molecular flexibility index (Phi) is 7.01. The number of benzene rings is 1. The molecule has 1 aromatic carbocycles. The zero-order chi connectivity index (χ0) is 27.5. The summed E-state index contributed by atoms with van der Waals surface area (Å²) in [5, 5.41) is 6.61. The molecule has 0 fully saturated rings. The lowest BCUT2D eigenvalue weighted by Crippen LogP contribution is -2.15. The van der Waals surface area contributed by atoms with Crippen LogP contribution in [-0.2, 0) is 4.79 Å². The second-order valence-corrected chi connectivity index (χ2v) is 9.51. The summed E-state index contributed by atoms with van der Waals surface area (Å²) in [4.78, 5) is 41.3. The number of aromatic amines is 1. The van der Waals surface area contributed by atoms with E-state index in [-0.39, 0.29) is 11.8 Å². The molecule has 0 unspecified atom stereocenters. The van der Waals surface area contributed by atoms with Crippen LogP contribution in [0.2, 0.25) is 0 Å². The summed E-state index contributed by atoms with van der Waals surface area (Å²) >= 11 is 0. The monoisotopic (exact) mass is 516 g/mol. The lowest BCUT2D eigenvalue weighted by Gasteiger charge is -2.11. The van der Waals surface area contributed by atoms with Crippen molar-refractivity contribution in [3.05, 3.63) is 103 Å². The topological polar surface area (TPSA) is 113 Å². The lowest BCUT2D eigenvalue weighted by atomic mass is 10.0. The highest BCUT2D eigenvalue weighted by atomic mass is 16.2. The molecule has 0 saturated carbocycles. The molecular formula is C31H28N6O2. The van der Waals surface area contributed by atoms with Crippen molar-refractivity contribution in [1.29, 1.82) is 0 Å². The molecule has 0 aliphatic carbocycles. The van der Waals surface area contributed by atoms with Crippen molar-refractivity contribution < 1.29 is 9.59 Å². The smallest absolute Gasteiger partial charge is 0.274 e. The van der Waals surface area contributed by atoms with E-state index in [0.717, 1.165) is 44.7 Å². The predicted octanol–water partition coefficient (Wildman–Crippen LogP) is 6.50. The van der Waals surface area contributed by atoms with E-state index in [1.165, 1.54) is 6.08 Å². The maximum Gasteiger partial charge on any atom is 0.274 e. The zero-order valence-corrected chi connectivity index (χ0v) is 21.9. The normalized spacial score (nSPS) is 11.0. The summed E-state index contributed by atoms with van der Waals surface area (Å²) < 4.78 is 0. The highest BCUT2D eigenvalue weighted by molar-refractivity contribution is 6.04. The summed E-state index contributed by atoms with van der Waals surface area (Å²) in [6.07, 6.45) is 6.58. The predicted molar refractivity (Wildman–Crippen MR) is 155 cm³/mol. The molecule has 0 atom stereocenters. The molecule has 3 N–H and O–H groups in total. The van der Waals surface area contributed by atoms with Crippen molar-refractivity contribution in [2.75, 3.05) is 10.6 Å². The Bertz CT molecular complexity index is 1700. The number of nitrogens with zero attached hydrogens (tertiary/aromatic N) is 3. The van der Waals surface area contributed by atoms with Crippen LogP contribution < -0.4 is 10.6 Å². The second kappa shape index (κ2) is 10.7. The van der Waals surface area contributed by atoms with E-state index in [2.05, 4.69) is 51.0 Å². The first-order valence-electron chi connectivity index (χ1n) is 12.6. The van der Waals surface area contributed by atoms with Crippen LogP contribution in [0, 0.1) is 6.92 Å². The Balaban J connectivity index is 1.38. The van der Waals surface area contributed by atoms with Gasteiger partial charge in [0, 0.05) is 52.0 Å². The third-order valence-corrected chi connectivity index (χ3v) is 6.43. The highest BCUT2D eigenvalue weighted by Crippen LogP contribution is 2.31. The van der Waals surface area contributed by atoms with E-state index in [9.17, 15) is 9.59 Å². The summed E-state index contributed by atoms with van der Waals surface area (Å²) in [6, 6.07) is 17.0. The Hall–Kier alpha value is -5.11. The first-order valence-corrected chi connectivity index (χ1v) is 12.6. The number of amides is 2. The molecule has 2 amide bonds. The molecule has 8 nitrogen and oxygen atoms in total. The van der Waals surface area contributed by atoms with E-state index in [4.69, 9.17) is 0 Å². The molecule has 0 spiro atoms. The van der Waals surface area contributed by atoms with Crippen molar-refractivity contribution in [3.63, 3.8) is 0 Å². The van der Waals surface area contributed by atoms with Crippen molar-refractivity contribution >= 4 is 34.2 Å². The average Bonchev–Trinajstić information content (AvgIpc) is 3.37. The van der Waals surface area contributed by atoms with Gasteiger partial charge in [-0.2, -0.15) is 0 Å². The van der Waals surface area contributed by atoms with E-state index < -0.39 is 0 Å². The molecule has 4 aromatic heterocycles. The number of hydrogen-bond donors (Lipinski definition) is 3. The third kappa shape index (κ3) is 5.45. The highest BCUT2D eigenvalue weighted by Gasteiger charge is 2.14. The van der Waals surface area contributed by atoms with E-state index in [1.807, 2.05) is 61.7 Å². The number of fused-ring (bicyclic) bond motifs is 1. The van der Waals surface area contributed by atoms with Crippen LogP contribution in [0.25, 0.3) is 33.3 Å². The van der Waals surface area contributed by atoms with E-state index in [1.54, 1.807) is 18.5 Å². The first-order chi connectivity index (χ1) is 18.8.